The van der Waals surface area contributed by atoms with E-state index in [4.69, 9.17) is 5.11 Å². The maximum atomic E-state index is 11.4. The number of aliphatic carboxylic acids is 1. The molecule has 0 fully saturated rings. The molecule has 0 atom stereocenters. The number of carboxylic acids is 1. The van der Waals surface area contributed by atoms with E-state index in [1.807, 2.05) is 0 Å². The first-order valence-electron chi connectivity index (χ1n) is 5.66. The van der Waals surface area contributed by atoms with E-state index in [9.17, 15) is 23.3 Å². The fourth-order valence-corrected chi connectivity index (χ4v) is 2.16. The van der Waals surface area contributed by atoms with Crippen LogP contribution in [0.1, 0.15) is 12.8 Å². The van der Waals surface area contributed by atoms with Gasteiger partial charge < -0.3 is 10.4 Å². The summed E-state index contributed by atoms with van der Waals surface area (Å²) in [5.41, 5.74) is -0.198. The molecule has 0 heterocycles. The molecule has 1 aromatic rings. The Morgan fingerprint density at radius 3 is 2.60 bits per heavy atom. The van der Waals surface area contributed by atoms with Gasteiger partial charge in [0.15, 0.2) is 9.84 Å². The molecule has 0 saturated heterocycles. The minimum atomic E-state index is -3.47. The average molecular weight is 302 g/mol. The van der Waals surface area contributed by atoms with Gasteiger partial charge in [-0.05, 0) is 18.6 Å². The molecule has 0 aliphatic carbocycles. The topological polar surface area (TPSA) is 127 Å². The summed E-state index contributed by atoms with van der Waals surface area (Å²) >= 11 is 0. The van der Waals surface area contributed by atoms with Crippen molar-refractivity contribution in [3.8, 4) is 0 Å². The largest absolute Gasteiger partial charge is 0.481 e. The zero-order valence-corrected chi connectivity index (χ0v) is 11.5. The molecule has 0 aliphatic rings. The molecule has 0 spiro atoms. The van der Waals surface area contributed by atoms with Gasteiger partial charge in [0.25, 0.3) is 5.69 Å². The molecule has 0 aliphatic heterocycles. The molecule has 0 amide bonds. The van der Waals surface area contributed by atoms with Crippen molar-refractivity contribution in [3.05, 3.63) is 28.3 Å². The lowest BCUT2D eigenvalue weighted by Gasteiger charge is -2.08. The van der Waals surface area contributed by atoms with E-state index in [-0.39, 0.29) is 35.7 Å². The SMILES string of the molecule is CS(=O)(=O)c1ccc([N+](=O)[O-])c(NCCCC(=O)O)c1. The third-order valence-corrected chi connectivity index (χ3v) is 3.59. The zero-order chi connectivity index (χ0) is 15.3. The molecule has 0 saturated carbocycles. The van der Waals surface area contributed by atoms with Crippen LogP contribution in [-0.4, -0.2) is 37.2 Å². The van der Waals surface area contributed by atoms with Gasteiger partial charge in [-0.2, -0.15) is 0 Å². The van der Waals surface area contributed by atoms with E-state index in [2.05, 4.69) is 5.32 Å². The van der Waals surface area contributed by atoms with Crippen molar-refractivity contribution in [1.82, 2.24) is 0 Å². The number of nitrogens with zero attached hydrogens (tertiary/aromatic N) is 1. The highest BCUT2D eigenvalue weighted by Crippen LogP contribution is 2.27. The van der Waals surface area contributed by atoms with Crippen LogP contribution in [-0.2, 0) is 14.6 Å². The van der Waals surface area contributed by atoms with Crippen LogP contribution in [0.5, 0.6) is 0 Å². The van der Waals surface area contributed by atoms with Gasteiger partial charge in [-0.1, -0.05) is 0 Å². The monoisotopic (exact) mass is 302 g/mol. The molecule has 0 unspecified atom stereocenters. The number of nitrogens with one attached hydrogen (secondary N) is 1. The Bertz CT molecular complexity index is 626. The number of nitro groups is 1. The predicted molar refractivity (Wildman–Crippen MR) is 71.6 cm³/mol. The highest BCUT2D eigenvalue weighted by Gasteiger charge is 2.17. The Hall–Kier alpha value is -2.16. The van der Waals surface area contributed by atoms with Crippen LogP contribution in [0.25, 0.3) is 0 Å². The van der Waals surface area contributed by atoms with E-state index in [0.717, 1.165) is 18.4 Å². The van der Waals surface area contributed by atoms with Crippen LogP contribution in [0, 0.1) is 10.1 Å². The normalized spacial score (nSPS) is 11.1. The standard InChI is InChI=1S/C11H14N2O6S/c1-20(18,19)8-4-5-10(13(16)17)9(7-8)12-6-2-3-11(14)15/h4-5,7,12H,2-3,6H2,1H3,(H,14,15). The van der Waals surface area contributed by atoms with Crippen molar-refractivity contribution in [1.29, 1.82) is 0 Å². The Kier molecular flexibility index (Phi) is 5.03. The second-order valence-electron chi connectivity index (χ2n) is 4.13. The van der Waals surface area contributed by atoms with Crippen molar-refractivity contribution in [2.75, 3.05) is 18.1 Å². The van der Waals surface area contributed by atoms with Crippen molar-refractivity contribution in [2.45, 2.75) is 17.7 Å². The Morgan fingerprint density at radius 1 is 1.45 bits per heavy atom. The van der Waals surface area contributed by atoms with Gasteiger partial charge in [-0.15, -0.1) is 0 Å². The van der Waals surface area contributed by atoms with E-state index >= 15 is 0 Å². The first-order chi connectivity index (χ1) is 9.21. The lowest BCUT2D eigenvalue weighted by Crippen LogP contribution is -2.08. The van der Waals surface area contributed by atoms with Gasteiger partial charge in [-0.25, -0.2) is 8.42 Å². The first-order valence-corrected chi connectivity index (χ1v) is 7.55. The van der Waals surface area contributed by atoms with Crippen LogP contribution in [0.2, 0.25) is 0 Å². The average Bonchev–Trinajstić information content (AvgIpc) is 2.32. The summed E-state index contributed by atoms with van der Waals surface area (Å²) in [6.45, 7) is 0.195. The third-order valence-electron chi connectivity index (χ3n) is 2.48. The third kappa shape index (κ3) is 4.50. The number of nitro benzene ring substituents is 1. The molecule has 1 rings (SSSR count). The zero-order valence-electron chi connectivity index (χ0n) is 10.7. The fourth-order valence-electron chi connectivity index (χ4n) is 1.51. The summed E-state index contributed by atoms with van der Waals surface area (Å²) in [5, 5.41) is 22.0. The molecule has 8 nitrogen and oxygen atoms in total. The molecule has 0 aromatic heterocycles. The highest BCUT2D eigenvalue weighted by atomic mass is 32.2. The van der Waals surface area contributed by atoms with Gasteiger partial charge in [0, 0.05) is 25.3 Å². The predicted octanol–water partition coefficient (Wildman–Crippen LogP) is 1.28. The second kappa shape index (κ2) is 6.33. The van der Waals surface area contributed by atoms with Gasteiger partial charge in [0.05, 0.1) is 9.82 Å². The number of carbonyl (C=O) groups is 1. The summed E-state index contributed by atoms with van der Waals surface area (Å²) in [4.78, 5) is 20.5. The summed E-state index contributed by atoms with van der Waals surface area (Å²) in [5.74, 6) is -0.966. The summed E-state index contributed by atoms with van der Waals surface area (Å²) in [6, 6.07) is 3.44. The molecule has 0 bridgehead atoms. The van der Waals surface area contributed by atoms with Crippen molar-refractivity contribution in [2.24, 2.45) is 0 Å². The van der Waals surface area contributed by atoms with Gasteiger partial charge >= 0.3 is 5.97 Å². The molecule has 2 N–H and O–H groups in total. The number of benzene rings is 1. The first kappa shape index (κ1) is 15.9. The fraction of sp³-hybridized carbons (Fsp3) is 0.364. The number of rotatable bonds is 7. The van der Waals surface area contributed by atoms with Crippen molar-refractivity contribution in [3.63, 3.8) is 0 Å². The van der Waals surface area contributed by atoms with Crippen LogP contribution in [0.15, 0.2) is 23.1 Å². The van der Waals surface area contributed by atoms with Crippen molar-refractivity contribution < 1.29 is 23.2 Å². The Balaban J connectivity index is 2.95. The van der Waals surface area contributed by atoms with Gasteiger partial charge in [0.1, 0.15) is 5.69 Å². The minimum absolute atomic E-state index is 0.0381. The molecule has 20 heavy (non-hydrogen) atoms. The molecule has 110 valence electrons. The number of anilines is 1. The van der Waals surface area contributed by atoms with E-state index < -0.39 is 20.7 Å². The molecule has 1 aromatic carbocycles. The Labute approximate surface area is 115 Å². The van der Waals surface area contributed by atoms with Gasteiger partial charge in [0.2, 0.25) is 0 Å². The molecule has 9 heteroatoms. The minimum Gasteiger partial charge on any atom is -0.481 e. The summed E-state index contributed by atoms with van der Waals surface area (Å²) in [7, 11) is -3.47. The van der Waals surface area contributed by atoms with Crippen LogP contribution >= 0.6 is 0 Å². The lowest BCUT2D eigenvalue weighted by atomic mass is 10.2. The quantitative estimate of drug-likeness (QED) is 0.441. The second-order valence-corrected chi connectivity index (χ2v) is 6.15. The number of hydrogen-bond acceptors (Lipinski definition) is 6. The summed E-state index contributed by atoms with van der Waals surface area (Å²) < 4.78 is 22.8. The highest BCUT2D eigenvalue weighted by molar-refractivity contribution is 7.90. The van der Waals surface area contributed by atoms with E-state index in [1.165, 1.54) is 6.07 Å². The molecular formula is C11H14N2O6S. The smallest absolute Gasteiger partial charge is 0.303 e. The number of sulfone groups is 1. The Morgan fingerprint density at radius 2 is 2.10 bits per heavy atom. The van der Waals surface area contributed by atoms with E-state index in [0.29, 0.717) is 0 Å². The van der Waals surface area contributed by atoms with Crippen LogP contribution < -0.4 is 5.32 Å². The van der Waals surface area contributed by atoms with E-state index in [1.54, 1.807) is 0 Å². The lowest BCUT2D eigenvalue weighted by molar-refractivity contribution is -0.384. The number of hydrogen-bond donors (Lipinski definition) is 2. The van der Waals surface area contributed by atoms with Gasteiger partial charge in [-0.3, -0.25) is 14.9 Å². The van der Waals surface area contributed by atoms with Crippen LogP contribution in [0.4, 0.5) is 11.4 Å². The van der Waals surface area contributed by atoms with Crippen LogP contribution in [0.3, 0.4) is 0 Å². The maximum Gasteiger partial charge on any atom is 0.303 e. The molecule has 0 radical (unpaired) electrons. The summed E-state index contributed by atoms with van der Waals surface area (Å²) in [6.07, 6.45) is 1.20. The number of carboxylic acid groups (broad SMARTS) is 1. The maximum absolute atomic E-state index is 11.4. The van der Waals surface area contributed by atoms with Crippen molar-refractivity contribution >= 4 is 27.2 Å². The molecular weight excluding hydrogens is 288 g/mol.